The summed E-state index contributed by atoms with van der Waals surface area (Å²) in [4.78, 5) is 21.9. The number of sulfonamides is 1. The first-order chi connectivity index (χ1) is 12.4. The summed E-state index contributed by atoms with van der Waals surface area (Å²) in [5.41, 5.74) is -0.805. The third-order valence-corrected chi connectivity index (χ3v) is 5.85. The number of nitrogens with zero attached hydrogens (tertiary/aromatic N) is 2. The summed E-state index contributed by atoms with van der Waals surface area (Å²) in [5, 5.41) is 13.4. The second kappa shape index (κ2) is 7.65. The lowest BCUT2D eigenvalue weighted by Gasteiger charge is -2.25. The fourth-order valence-electron chi connectivity index (χ4n) is 2.60. The minimum absolute atomic E-state index is 0.0347. The van der Waals surface area contributed by atoms with Crippen molar-refractivity contribution in [3.63, 3.8) is 0 Å². The Morgan fingerprint density at radius 3 is 2.37 bits per heavy atom. The van der Waals surface area contributed by atoms with Crippen LogP contribution in [0, 0.1) is 10.1 Å². The molecule has 0 bridgehead atoms. The van der Waals surface area contributed by atoms with Crippen LogP contribution in [0.5, 0.6) is 0 Å². The lowest BCUT2D eigenvalue weighted by molar-refractivity contribution is -0.384. The highest BCUT2D eigenvalue weighted by atomic mass is 32.2. The summed E-state index contributed by atoms with van der Waals surface area (Å²) < 4.78 is 31.8. The van der Waals surface area contributed by atoms with Gasteiger partial charge in [-0.15, -0.1) is 0 Å². The number of alkyl carbamates (subject to hydrolysis) is 1. The maximum atomic E-state index is 12.7. The molecule has 0 spiro atoms. The number of amides is 1. The zero-order chi connectivity index (χ0) is 20.4. The molecule has 0 aromatic heterocycles. The molecule has 27 heavy (non-hydrogen) atoms. The summed E-state index contributed by atoms with van der Waals surface area (Å²) in [6.45, 7) is 5.26. The Balaban J connectivity index is 2.03. The average Bonchev–Trinajstić information content (AvgIpc) is 3.00. The fourth-order valence-corrected chi connectivity index (χ4v) is 3.93. The van der Waals surface area contributed by atoms with E-state index in [0.29, 0.717) is 6.42 Å². The first-order valence-electron chi connectivity index (χ1n) is 8.30. The van der Waals surface area contributed by atoms with Gasteiger partial charge in [-0.1, -0.05) is 12.2 Å². The lowest BCUT2D eigenvalue weighted by Crippen LogP contribution is -2.40. The van der Waals surface area contributed by atoms with Crippen molar-refractivity contribution in [3.8, 4) is 0 Å². The van der Waals surface area contributed by atoms with E-state index in [0.717, 1.165) is 12.1 Å². The second-order valence-electron chi connectivity index (χ2n) is 7.21. The van der Waals surface area contributed by atoms with Crippen LogP contribution < -0.4 is 5.32 Å². The molecule has 9 nitrogen and oxygen atoms in total. The maximum absolute atomic E-state index is 12.7. The van der Waals surface area contributed by atoms with E-state index in [4.69, 9.17) is 4.74 Å². The van der Waals surface area contributed by atoms with E-state index in [-0.39, 0.29) is 16.6 Å². The van der Waals surface area contributed by atoms with Crippen molar-refractivity contribution in [1.29, 1.82) is 0 Å². The molecule has 2 unspecified atom stereocenters. The number of benzene rings is 1. The lowest BCUT2D eigenvalue weighted by atomic mass is 10.2. The molecule has 1 aromatic rings. The molecule has 1 amide bonds. The van der Waals surface area contributed by atoms with E-state index in [2.05, 4.69) is 5.32 Å². The summed E-state index contributed by atoms with van der Waals surface area (Å²) in [6, 6.07) is 3.92. The molecule has 0 saturated heterocycles. The molecular formula is C17H23N3O6S. The van der Waals surface area contributed by atoms with E-state index in [1.807, 2.05) is 0 Å². The van der Waals surface area contributed by atoms with Crippen LogP contribution in [0.4, 0.5) is 10.5 Å². The molecular weight excluding hydrogens is 374 g/mol. The number of carbonyl (C=O) groups excluding carboxylic acids is 1. The number of likely N-dealkylation sites (N-methyl/N-ethyl adjacent to an activating group) is 1. The Bertz CT molecular complexity index is 842. The van der Waals surface area contributed by atoms with Gasteiger partial charge in [-0.2, -0.15) is 4.31 Å². The third-order valence-electron chi connectivity index (χ3n) is 3.95. The normalized spacial score (nSPS) is 19.9. The molecule has 2 atom stereocenters. The molecule has 10 heteroatoms. The molecule has 0 aliphatic heterocycles. The minimum atomic E-state index is -3.83. The standard InChI is InChI=1S/C17H23N3O6S/c1-17(2,3)26-16(21)18-12-5-6-14(11-12)19(4)27(24,25)15-9-7-13(8-10-15)20(22)23/h5-10,12,14H,11H2,1-4H3,(H,18,21). The number of hydrogen-bond donors (Lipinski definition) is 1. The van der Waals surface area contributed by atoms with Gasteiger partial charge in [0.2, 0.25) is 10.0 Å². The Kier molecular flexibility index (Phi) is 5.91. The van der Waals surface area contributed by atoms with Crippen molar-refractivity contribution < 1.29 is 22.9 Å². The summed E-state index contributed by atoms with van der Waals surface area (Å²) in [6.07, 6.45) is 3.21. The number of ether oxygens (including phenoxy) is 1. The number of nitro benzene ring substituents is 1. The van der Waals surface area contributed by atoms with Crippen LogP contribution in [0.1, 0.15) is 27.2 Å². The number of non-ortho nitro benzene ring substituents is 1. The van der Waals surface area contributed by atoms with E-state index in [9.17, 15) is 23.3 Å². The monoisotopic (exact) mass is 397 g/mol. The predicted molar refractivity (Wildman–Crippen MR) is 98.7 cm³/mol. The molecule has 0 radical (unpaired) electrons. The smallest absolute Gasteiger partial charge is 0.408 e. The highest BCUT2D eigenvalue weighted by Crippen LogP contribution is 2.24. The Morgan fingerprint density at radius 1 is 1.26 bits per heavy atom. The molecule has 1 aliphatic rings. The van der Waals surface area contributed by atoms with Gasteiger partial charge in [0.05, 0.1) is 15.9 Å². The summed E-state index contributed by atoms with van der Waals surface area (Å²) in [5.74, 6) is 0. The number of nitrogens with one attached hydrogen (secondary N) is 1. The summed E-state index contributed by atoms with van der Waals surface area (Å²) in [7, 11) is -2.40. The average molecular weight is 397 g/mol. The van der Waals surface area contributed by atoms with E-state index in [1.54, 1.807) is 32.9 Å². The van der Waals surface area contributed by atoms with Gasteiger partial charge < -0.3 is 10.1 Å². The number of nitro groups is 1. The van der Waals surface area contributed by atoms with E-state index in [1.165, 1.54) is 23.5 Å². The Hall–Kier alpha value is -2.46. The molecule has 2 rings (SSSR count). The number of rotatable bonds is 5. The SMILES string of the molecule is CN(C1C=CC(NC(=O)OC(C)(C)C)C1)S(=O)(=O)c1ccc([N+](=O)[O-])cc1. The van der Waals surface area contributed by atoms with Gasteiger partial charge in [-0.05, 0) is 39.3 Å². The van der Waals surface area contributed by atoms with Crippen molar-refractivity contribution in [2.24, 2.45) is 0 Å². The van der Waals surface area contributed by atoms with Crippen molar-refractivity contribution in [2.75, 3.05) is 7.05 Å². The predicted octanol–water partition coefficient (Wildman–Crippen LogP) is 2.44. The van der Waals surface area contributed by atoms with Gasteiger partial charge in [0.15, 0.2) is 0 Å². The molecule has 0 saturated carbocycles. The van der Waals surface area contributed by atoms with Crippen LogP contribution in [0.2, 0.25) is 0 Å². The first-order valence-corrected chi connectivity index (χ1v) is 9.74. The van der Waals surface area contributed by atoms with Crippen LogP contribution in [-0.2, 0) is 14.8 Å². The van der Waals surface area contributed by atoms with Gasteiger partial charge in [0.25, 0.3) is 5.69 Å². The minimum Gasteiger partial charge on any atom is -0.444 e. The second-order valence-corrected chi connectivity index (χ2v) is 9.21. The van der Waals surface area contributed by atoms with Crippen LogP contribution in [-0.4, -0.2) is 48.5 Å². The van der Waals surface area contributed by atoms with Crippen LogP contribution >= 0.6 is 0 Å². The highest BCUT2D eigenvalue weighted by molar-refractivity contribution is 7.89. The molecule has 1 N–H and O–H groups in total. The first kappa shape index (κ1) is 20.8. The van der Waals surface area contributed by atoms with Crippen LogP contribution in [0.15, 0.2) is 41.3 Å². The van der Waals surface area contributed by atoms with E-state index < -0.39 is 32.7 Å². The van der Waals surface area contributed by atoms with Crippen molar-refractivity contribution in [2.45, 2.75) is 49.8 Å². The zero-order valence-electron chi connectivity index (χ0n) is 15.6. The molecule has 0 heterocycles. The van der Waals surface area contributed by atoms with Crippen LogP contribution in [0.3, 0.4) is 0 Å². The highest BCUT2D eigenvalue weighted by Gasteiger charge is 2.32. The molecule has 1 aliphatic carbocycles. The maximum Gasteiger partial charge on any atom is 0.408 e. The largest absolute Gasteiger partial charge is 0.444 e. The van der Waals surface area contributed by atoms with Gasteiger partial charge >= 0.3 is 6.09 Å². The van der Waals surface area contributed by atoms with Crippen molar-refractivity contribution in [3.05, 3.63) is 46.5 Å². The molecule has 148 valence electrons. The van der Waals surface area contributed by atoms with Crippen molar-refractivity contribution in [1.82, 2.24) is 9.62 Å². The fraction of sp³-hybridized carbons (Fsp3) is 0.471. The zero-order valence-corrected chi connectivity index (χ0v) is 16.4. The molecule has 1 aromatic carbocycles. The quantitative estimate of drug-likeness (QED) is 0.463. The van der Waals surface area contributed by atoms with Gasteiger partial charge in [-0.25, -0.2) is 13.2 Å². The van der Waals surface area contributed by atoms with Crippen LogP contribution in [0.25, 0.3) is 0 Å². The van der Waals surface area contributed by atoms with Gasteiger partial charge in [0, 0.05) is 25.2 Å². The summed E-state index contributed by atoms with van der Waals surface area (Å²) >= 11 is 0. The number of carbonyl (C=O) groups is 1. The van der Waals surface area contributed by atoms with E-state index >= 15 is 0 Å². The van der Waals surface area contributed by atoms with Gasteiger partial charge in [-0.3, -0.25) is 10.1 Å². The Morgan fingerprint density at radius 2 is 1.85 bits per heavy atom. The number of hydrogen-bond acceptors (Lipinski definition) is 6. The topological polar surface area (TPSA) is 119 Å². The third kappa shape index (κ3) is 5.27. The van der Waals surface area contributed by atoms with Crippen molar-refractivity contribution >= 4 is 21.8 Å². The Labute approximate surface area is 158 Å². The van der Waals surface area contributed by atoms with Gasteiger partial charge in [0.1, 0.15) is 5.60 Å². The molecule has 0 fully saturated rings.